The highest BCUT2D eigenvalue weighted by atomic mass is 35.5. The van der Waals surface area contributed by atoms with Gasteiger partial charge >= 0.3 is 6.09 Å². The number of likely N-dealkylation sites (N-methyl/N-ethyl adjacent to an activating group) is 1. The molecule has 8 heteroatoms. The van der Waals surface area contributed by atoms with E-state index in [2.05, 4.69) is 17.2 Å². The third-order valence-electron chi connectivity index (χ3n) is 5.94. The highest BCUT2D eigenvalue weighted by Gasteiger charge is 2.51. The first kappa shape index (κ1) is 28.4. The van der Waals surface area contributed by atoms with E-state index in [-0.39, 0.29) is 30.1 Å². The van der Waals surface area contributed by atoms with Crippen LogP contribution in [0.3, 0.4) is 0 Å². The van der Waals surface area contributed by atoms with E-state index in [9.17, 15) is 14.4 Å². The zero-order valence-electron chi connectivity index (χ0n) is 22.1. The lowest BCUT2D eigenvalue weighted by Crippen LogP contribution is -2.37. The third-order valence-corrected chi connectivity index (χ3v) is 6.16. The fraction of sp³-hybridized carbons (Fsp3) is 0.519. The minimum Gasteiger partial charge on any atom is -0.444 e. The van der Waals surface area contributed by atoms with Crippen molar-refractivity contribution in [3.05, 3.63) is 51.6 Å². The number of benzene rings is 1. The molecule has 0 aliphatic heterocycles. The van der Waals surface area contributed by atoms with E-state index in [1.807, 2.05) is 60.4 Å². The zero-order valence-corrected chi connectivity index (χ0v) is 22.9. The lowest BCUT2D eigenvalue weighted by Gasteiger charge is -2.24. The Morgan fingerprint density at radius 3 is 2.29 bits per heavy atom. The van der Waals surface area contributed by atoms with Crippen molar-refractivity contribution in [3.63, 3.8) is 0 Å². The van der Waals surface area contributed by atoms with Crippen LogP contribution in [-0.2, 0) is 9.53 Å². The molecule has 0 bridgehead atoms. The number of anilines is 1. The summed E-state index contributed by atoms with van der Waals surface area (Å²) in [7, 11) is 1.87. The van der Waals surface area contributed by atoms with E-state index in [0.717, 1.165) is 28.0 Å². The Hall–Kier alpha value is -2.80. The number of amides is 2. The average molecular weight is 504 g/mol. The number of carbonyl (C=O) groups is 3. The monoisotopic (exact) mass is 503 g/mol. The molecule has 2 amide bonds. The van der Waals surface area contributed by atoms with Crippen LogP contribution in [0.4, 0.5) is 10.5 Å². The maximum absolute atomic E-state index is 13.1. The lowest BCUT2D eigenvalue weighted by molar-refractivity contribution is -0.111. The summed E-state index contributed by atoms with van der Waals surface area (Å²) in [4.78, 5) is 39.2. The number of hydrogen-bond donors (Lipinski definition) is 2. The van der Waals surface area contributed by atoms with Gasteiger partial charge in [0, 0.05) is 43.0 Å². The summed E-state index contributed by atoms with van der Waals surface area (Å²) in [6.07, 6.45) is -0.480. The quantitative estimate of drug-likeness (QED) is 0.459. The number of nitrogens with one attached hydrogen (secondary N) is 2. The maximum Gasteiger partial charge on any atom is 0.407 e. The van der Waals surface area contributed by atoms with Crippen LogP contribution in [0.25, 0.3) is 0 Å². The standard InChI is InChI=1S/C27H38ClN3O4/c1-15(2)20(23-22(16(3)4)24(23)32)14-30-25(33)19-12-18(28)13-21(17(19)5)31(9)11-10-29-26(34)35-27(6,7)8/h12-13,22-23H,3,10-11,14H2,1-2,4-9H3,(H,29,34)(H,30,33)/t22-,23-/m0/s1. The topological polar surface area (TPSA) is 87.7 Å². The predicted octanol–water partition coefficient (Wildman–Crippen LogP) is 5.07. The van der Waals surface area contributed by atoms with Gasteiger partial charge in [-0.25, -0.2) is 4.79 Å². The fourth-order valence-corrected chi connectivity index (χ4v) is 4.28. The van der Waals surface area contributed by atoms with E-state index >= 15 is 0 Å². The molecule has 1 aromatic carbocycles. The molecule has 7 nitrogen and oxygen atoms in total. The number of rotatable bonds is 9. The van der Waals surface area contributed by atoms with Gasteiger partial charge in [0.05, 0.1) is 11.8 Å². The largest absolute Gasteiger partial charge is 0.444 e. The van der Waals surface area contributed by atoms with Crippen molar-refractivity contribution in [2.75, 3.05) is 31.6 Å². The molecule has 35 heavy (non-hydrogen) atoms. The van der Waals surface area contributed by atoms with Crippen molar-refractivity contribution in [2.24, 2.45) is 11.8 Å². The van der Waals surface area contributed by atoms with Crippen molar-refractivity contribution in [3.8, 4) is 0 Å². The second-order valence-electron chi connectivity index (χ2n) is 10.4. The second kappa shape index (κ2) is 11.3. The van der Waals surface area contributed by atoms with Gasteiger partial charge in [0.25, 0.3) is 5.91 Å². The van der Waals surface area contributed by atoms with Gasteiger partial charge in [0.1, 0.15) is 11.4 Å². The van der Waals surface area contributed by atoms with Gasteiger partial charge in [-0.1, -0.05) is 29.3 Å². The normalized spacial score (nSPS) is 16.9. The van der Waals surface area contributed by atoms with E-state index in [0.29, 0.717) is 23.7 Å². The van der Waals surface area contributed by atoms with Crippen LogP contribution >= 0.6 is 11.6 Å². The van der Waals surface area contributed by atoms with Gasteiger partial charge < -0.3 is 20.3 Å². The van der Waals surface area contributed by atoms with Gasteiger partial charge in [0.15, 0.2) is 0 Å². The molecule has 2 atom stereocenters. The van der Waals surface area contributed by atoms with Crippen LogP contribution in [0.1, 0.15) is 57.5 Å². The third kappa shape index (κ3) is 7.59. The summed E-state index contributed by atoms with van der Waals surface area (Å²) in [5, 5.41) is 6.13. The minimum atomic E-state index is -0.564. The Kier molecular flexibility index (Phi) is 9.17. The number of halogens is 1. The van der Waals surface area contributed by atoms with E-state index in [1.54, 1.807) is 12.1 Å². The van der Waals surface area contributed by atoms with Crippen LogP contribution < -0.4 is 15.5 Å². The molecule has 0 spiro atoms. The van der Waals surface area contributed by atoms with E-state index < -0.39 is 11.7 Å². The number of ketones is 1. The number of nitrogens with zero attached hydrogens (tertiary/aromatic N) is 1. The molecule has 1 aromatic rings. The Morgan fingerprint density at radius 2 is 1.77 bits per heavy atom. The molecule has 0 unspecified atom stereocenters. The van der Waals surface area contributed by atoms with Gasteiger partial charge in [-0.15, -0.1) is 0 Å². The molecule has 1 saturated carbocycles. The zero-order chi connectivity index (χ0) is 26.7. The molecule has 0 radical (unpaired) electrons. The predicted molar refractivity (Wildman–Crippen MR) is 141 cm³/mol. The van der Waals surface area contributed by atoms with Crippen molar-refractivity contribution in [1.29, 1.82) is 0 Å². The van der Waals surface area contributed by atoms with Crippen molar-refractivity contribution >= 4 is 35.1 Å². The summed E-state index contributed by atoms with van der Waals surface area (Å²) in [5.41, 5.74) is 4.26. The molecule has 2 N–H and O–H groups in total. The van der Waals surface area contributed by atoms with Crippen molar-refractivity contribution < 1.29 is 19.1 Å². The molecule has 0 saturated heterocycles. The molecule has 1 aliphatic carbocycles. The molecular formula is C27H38ClN3O4. The number of alkyl carbamates (subject to hydrolysis) is 1. The average Bonchev–Trinajstić information content (AvgIpc) is 3.38. The van der Waals surface area contributed by atoms with Crippen molar-refractivity contribution in [1.82, 2.24) is 10.6 Å². The van der Waals surface area contributed by atoms with Crippen molar-refractivity contribution in [2.45, 2.75) is 54.1 Å². The summed E-state index contributed by atoms with van der Waals surface area (Å²) in [6, 6.07) is 3.44. The van der Waals surface area contributed by atoms with Gasteiger partial charge in [0.2, 0.25) is 0 Å². The molecule has 0 heterocycles. The minimum absolute atomic E-state index is 0.153. The van der Waals surface area contributed by atoms with Crippen LogP contribution in [0.5, 0.6) is 0 Å². The van der Waals surface area contributed by atoms with E-state index in [4.69, 9.17) is 16.3 Å². The molecule has 2 rings (SSSR count). The summed E-state index contributed by atoms with van der Waals surface area (Å²) >= 11 is 6.35. The van der Waals surface area contributed by atoms with Gasteiger partial charge in [-0.05, 0) is 71.7 Å². The van der Waals surface area contributed by atoms with Crippen LogP contribution in [0.15, 0.2) is 35.4 Å². The summed E-state index contributed by atoms with van der Waals surface area (Å²) in [6.45, 7) is 18.1. The molecular weight excluding hydrogens is 466 g/mol. The van der Waals surface area contributed by atoms with Crippen LogP contribution in [0, 0.1) is 18.8 Å². The van der Waals surface area contributed by atoms with Crippen LogP contribution in [0.2, 0.25) is 5.02 Å². The number of carbonyl (C=O) groups excluding carboxylic acids is 3. The molecule has 192 valence electrons. The summed E-state index contributed by atoms with van der Waals surface area (Å²) in [5.74, 6) is -0.451. The smallest absolute Gasteiger partial charge is 0.407 e. The highest BCUT2D eigenvalue weighted by molar-refractivity contribution is 6.31. The van der Waals surface area contributed by atoms with E-state index in [1.165, 1.54) is 0 Å². The first-order valence-corrected chi connectivity index (χ1v) is 12.1. The molecule has 0 aromatic heterocycles. The Labute approximate surface area is 213 Å². The summed E-state index contributed by atoms with van der Waals surface area (Å²) < 4.78 is 5.26. The fourth-order valence-electron chi connectivity index (χ4n) is 4.07. The van der Waals surface area contributed by atoms with Crippen LogP contribution in [-0.4, -0.2) is 50.1 Å². The first-order chi connectivity index (χ1) is 16.1. The highest BCUT2D eigenvalue weighted by Crippen LogP contribution is 2.44. The molecule has 1 aliphatic rings. The Morgan fingerprint density at radius 1 is 1.14 bits per heavy atom. The number of Topliss-reactive ketones (excluding diaryl/α,β-unsaturated/α-hetero) is 1. The SMILES string of the molecule is C=C(C)[C@@H]1C(=O)[C@H]1C(CNC(=O)c1cc(Cl)cc(N(C)CCNC(=O)OC(C)(C)C)c1C)=C(C)C. The lowest BCUT2D eigenvalue weighted by atomic mass is 10.0. The number of allylic oxidation sites excluding steroid dienone is 2. The number of ether oxygens (including phenoxy) is 1. The molecule has 1 fully saturated rings. The van der Waals surface area contributed by atoms with Gasteiger partial charge in [-0.3, -0.25) is 9.59 Å². The number of hydrogen-bond acceptors (Lipinski definition) is 5. The Balaban J connectivity index is 2.08. The second-order valence-corrected chi connectivity index (χ2v) is 10.8. The van der Waals surface area contributed by atoms with Gasteiger partial charge in [-0.2, -0.15) is 0 Å². The first-order valence-electron chi connectivity index (χ1n) is 11.8. The Bertz CT molecular complexity index is 1050. The maximum atomic E-state index is 13.1.